The first-order chi connectivity index (χ1) is 9.40. The van der Waals surface area contributed by atoms with Crippen LogP contribution in [0.3, 0.4) is 0 Å². The van der Waals surface area contributed by atoms with Crippen LogP contribution in [0.2, 0.25) is 0 Å². The normalized spacial score (nSPS) is 10.4. The molecular formula is C12H9N3O5. The largest absolute Gasteiger partial charge is 0.478 e. The fraction of sp³-hybridized carbons (Fsp3) is 0.0833. The van der Waals surface area contributed by atoms with Crippen LogP contribution in [0.15, 0.2) is 41.5 Å². The smallest absolute Gasteiger partial charge is 0.332 e. The van der Waals surface area contributed by atoms with E-state index in [1.165, 1.54) is 18.5 Å². The summed E-state index contributed by atoms with van der Waals surface area (Å²) >= 11 is 0. The Bertz CT molecular complexity index is 793. The number of nitro benzene ring substituents is 1. The van der Waals surface area contributed by atoms with E-state index >= 15 is 0 Å². The SMILES string of the molecule is C=C(Cn1cnc2ccc([N+](=O)[O-])cc2c1=O)C(=O)O. The van der Waals surface area contributed by atoms with Gasteiger partial charge in [0, 0.05) is 17.7 Å². The highest BCUT2D eigenvalue weighted by Gasteiger charge is 2.12. The van der Waals surface area contributed by atoms with Crippen molar-refractivity contribution in [1.29, 1.82) is 0 Å². The Morgan fingerprint density at radius 2 is 2.20 bits per heavy atom. The predicted octanol–water partition coefficient (Wildman–Crippen LogP) is 0.945. The van der Waals surface area contributed by atoms with E-state index in [-0.39, 0.29) is 23.2 Å². The van der Waals surface area contributed by atoms with Gasteiger partial charge in [0.15, 0.2) is 0 Å². The van der Waals surface area contributed by atoms with Gasteiger partial charge in [-0.1, -0.05) is 6.58 Å². The molecule has 1 aromatic heterocycles. The summed E-state index contributed by atoms with van der Waals surface area (Å²) < 4.78 is 1.04. The molecule has 8 nitrogen and oxygen atoms in total. The summed E-state index contributed by atoms with van der Waals surface area (Å²) in [5, 5.41) is 19.5. The van der Waals surface area contributed by atoms with Crippen LogP contribution in [0, 0.1) is 10.1 Å². The topological polar surface area (TPSA) is 115 Å². The molecule has 0 saturated carbocycles. The second-order valence-electron chi connectivity index (χ2n) is 4.04. The van der Waals surface area contributed by atoms with Crippen molar-refractivity contribution in [3.05, 3.63) is 57.1 Å². The molecule has 0 amide bonds. The molecule has 1 heterocycles. The van der Waals surface area contributed by atoms with Crippen LogP contribution in [0.4, 0.5) is 5.69 Å². The molecule has 1 N–H and O–H groups in total. The highest BCUT2D eigenvalue weighted by atomic mass is 16.6. The molecule has 0 atom stereocenters. The molecule has 102 valence electrons. The maximum Gasteiger partial charge on any atom is 0.332 e. The molecular weight excluding hydrogens is 266 g/mol. The van der Waals surface area contributed by atoms with Gasteiger partial charge in [0.05, 0.1) is 28.7 Å². The number of nitro groups is 1. The van der Waals surface area contributed by atoms with Gasteiger partial charge in [0.2, 0.25) is 0 Å². The Labute approximate surface area is 111 Å². The number of rotatable bonds is 4. The minimum absolute atomic E-state index is 0.0555. The molecule has 1 aromatic carbocycles. The van der Waals surface area contributed by atoms with E-state index < -0.39 is 16.5 Å². The third-order valence-electron chi connectivity index (χ3n) is 2.68. The summed E-state index contributed by atoms with van der Waals surface area (Å²) in [7, 11) is 0. The third-order valence-corrected chi connectivity index (χ3v) is 2.68. The second-order valence-corrected chi connectivity index (χ2v) is 4.04. The van der Waals surface area contributed by atoms with Crippen LogP contribution in [0.25, 0.3) is 10.9 Å². The van der Waals surface area contributed by atoms with Crippen molar-refractivity contribution < 1.29 is 14.8 Å². The molecule has 0 unspecified atom stereocenters. The monoisotopic (exact) mass is 275 g/mol. The molecule has 0 bridgehead atoms. The molecule has 2 aromatic rings. The van der Waals surface area contributed by atoms with Crippen molar-refractivity contribution in [2.45, 2.75) is 6.54 Å². The molecule has 20 heavy (non-hydrogen) atoms. The number of non-ortho nitro benzene ring substituents is 1. The lowest BCUT2D eigenvalue weighted by Crippen LogP contribution is -2.23. The maximum atomic E-state index is 12.1. The molecule has 0 aliphatic rings. The lowest BCUT2D eigenvalue weighted by Gasteiger charge is -2.06. The highest BCUT2D eigenvalue weighted by molar-refractivity contribution is 5.85. The van der Waals surface area contributed by atoms with E-state index in [9.17, 15) is 19.7 Å². The van der Waals surface area contributed by atoms with Crippen molar-refractivity contribution in [3.63, 3.8) is 0 Å². The molecule has 0 saturated heterocycles. The van der Waals surface area contributed by atoms with Gasteiger partial charge in [0.1, 0.15) is 0 Å². The number of aromatic nitrogens is 2. The number of hydrogen-bond acceptors (Lipinski definition) is 5. The van der Waals surface area contributed by atoms with Gasteiger partial charge in [-0.25, -0.2) is 9.78 Å². The summed E-state index contributed by atoms with van der Waals surface area (Å²) in [5.41, 5.74) is -0.663. The Kier molecular flexibility index (Phi) is 3.30. The molecule has 0 spiro atoms. The second kappa shape index (κ2) is 4.92. The minimum atomic E-state index is -1.23. The van der Waals surface area contributed by atoms with E-state index in [0.717, 1.165) is 10.6 Å². The number of nitrogens with zero attached hydrogens (tertiary/aromatic N) is 3. The van der Waals surface area contributed by atoms with Gasteiger partial charge >= 0.3 is 5.97 Å². The first kappa shape index (κ1) is 13.4. The van der Waals surface area contributed by atoms with Crippen LogP contribution in [-0.4, -0.2) is 25.6 Å². The van der Waals surface area contributed by atoms with Crippen molar-refractivity contribution in [2.75, 3.05) is 0 Å². The molecule has 0 aliphatic heterocycles. The van der Waals surface area contributed by atoms with Crippen LogP contribution in [0.1, 0.15) is 0 Å². The lowest BCUT2D eigenvalue weighted by atomic mass is 10.2. The Morgan fingerprint density at radius 3 is 2.80 bits per heavy atom. The fourth-order valence-corrected chi connectivity index (χ4v) is 1.65. The predicted molar refractivity (Wildman–Crippen MR) is 69.4 cm³/mol. The number of hydrogen-bond donors (Lipinski definition) is 1. The molecule has 8 heteroatoms. The fourth-order valence-electron chi connectivity index (χ4n) is 1.65. The Hall–Kier alpha value is -3.03. The van der Waals surface area contributed by atoms with Gasteiger partial charge in [-0.2, -0.15) is 0 Å². The number of aliphatic carboxylic acids is 1. The summed E-state index contributed by atoms with van der Waals surface area (Å²) in [6.45, 7) is 3.08. The number of carboxylic acids is 1. The zero-order valence-electron chi connectivity index (χ0n) is 10.1. The molecule has 0 aliphatic carbocycles. The van der Waals surface area contributed by atoms with Crippen LogP contribution < -0.4 is 5.56 Å². The number of fused-ring (bicyclic) bond motifs is 1. The summed E-state index contributed by atoms with van der Waals surface area (Å²) in [6, 6.07) is 3.73. The van der Waals surface area contributed by atoms with E-state index in [1.54, 1.807) is 0 Å². The average molecular weight is 275 g/mol. The Balaban J connectivity index is 2.57. The van der Waals surface area contributed by atoms with Crippen molar-refractivity contribution in [3.8, 4) is 0 Å². The van der Waals surface area contributed by atoms with Crippen molar-refractivity contribution in [2.24, 2.45) is 0 Å². The molecule has 0 radical (unpaired) electrons. The van der Waals surface area contributed by atoms with Crippen molar-refractivity contribution in [1.82, 2.24) is 9.55 Å². The van der Waals surface area contributed by atoms with E-state index in [0.29, 0.717) is 5.52 Å². The number of carbonyl (C=O) groups is 1. The summed E-state index contributed by atoms with van der Waals surface area (Å²) in [5.74, 6) is -1.23. The van der Waals surface area contributed by atoms with Crippen LogP contribution >= 0.6 is 0 Å². The van der Waals surface area contributed by atoms with Crippen LogP contribution in [0.5, 0.6) is 0 Å². The van der Waals surface area contributed by atoms with Gasteiger partial charge in [-0.3, -0.25) is 19.5 Å². The zero-order valence-corrected chi connectivity index (χ0v) is 10.1. The van der Waals surface area contributed by atoms with Gasteiger partial charge in [-0.15, -0.1) is 0 Å². The first-order valence-corrected chi connectivity index (χ1v) is 5.45. The van der Waals surface area contributed by atoms with Gasteiger partial charge in [0.25, 0.3) is 11.2 Å². The number of benzene rings is 1. The van der Waals surface area contributed by atoms with E-state index in [4.69, 9.17) is 5.11 Å². The molecule has 0 fully saturated rings. The Morgan fingerprint density at radius 1 is 1.50 bits per heavy atom. The van der Waals surface area contributed by atoms with E-state index in [1.807, 2.05) is 0 Å². The number of carboxylic acid groups (broad SMARTS) is 1. The minimum Gasteiger partial charge on any atom is -0.478 e. The average Bonchev–Trinajstić information content (AvgIpc) is 2.41. The first-order valence-electron chi connectivity index (χ1n) is 5.45. The standard InChI is InChI=1S/C12H9N3O5/c1-7(12(17)18)5-14-6-13-10-3-2-8(15(19)20)4-9(10)11(14)16/h2-4,6H,1,5H2,(H,17,18). The van der Waals surface area contributed by atoms with Crippen molar-refractivity contribution >= 4 is 22.6 Å². The van der Waals surface area contributed by atoms with Crippen LogP contribution in [-0.2, 0) is 11.3 Å². The van der Waals surface area contributed by atoms with Gasteiger partial charge in [-0.05, 0) is 6.07 Å². The quantitative estimate of drug-likeness (QED) is 0.504. The van der Waals surface area contributed by atoms with E-state index in [2.05, 4.69) is 11.6 Å². The summed E-state index contributed by atoms with van der Waals surface area (Å²) in [4.78, 5) is 36.9. The molecule has 2 rings (SSSR count). The summed E-state index contributed by atoms with van der Waals surface area (Å²) in [6.07, 6.45) is 1.19. The van der Waals surface area contributed by atoms with Gasteiger partial charge < -0.3 is 5.11 Å². The maximum absolute atomic E-state index is 12.1. The lowest BCUT2D eigenvalue weighted by molar-refractivity contribution is -0.384. The zero-order chi connectivity index (χ0) is 14.9. The third kappa shape index (κ3) is 2.39. The highest BCUT2D eigenvalue weighted by Crippen LogP contribution is 2.16.